The van der Waals surface area contributed by atoms with Crippen molar-refractivity contribution in [3.63, 3.8) is 0 Å². The molecule has 3 heterocycles. The van der Waals surface area contributed by atoms with Gasteiger partial charge in [0, 0.05) is 27.9 Å². The molecule has 3 aromatic heterocycles. The molecular weight excluding hydrogens is 516 g/mol. The second-order valence-corrected chi connectivity index (χ2v) is 9.66. The van der Waals surface area contributed by atoms with Gasteiger partial charge in [-0.15, -0.1) is 10.2 Å². The molecule has 0 unspecified atom stereocenters. The SMILES string of the molecule is Cc1ccc(-c2nn3c(C)nnc3s2)cc1NC(=S)NC(=O)C=Cc1ccc(-c2ccc(Cl)cc2)o1. The molecule has 1 amide bonds. The maximum Gasteiger partial charge on any atom is 0.250 e. The van der Waals surface area contributed by atoms with E-state index in [0.717, 1.165) is 38.2 Å². The zero-order valence-electron chi connectivity index (χ0n) is 19.2. The normalized spacial score (nSPS) is 11.3. The van der Waals surface area contributed by atoms with E-state index in [-0.39, 0.29) is 11.0 Å². The number of aryl methyl sites for hydroxylation is 2. The summed E-state index contributed by atoms with van der Waals surface area (Å²) in [5, 5.41) is 20.1. The lowest BCUT2D eigenvalue weighted by atomic mass is 10.1. The minimum absolute atomic E-state index is 0.181. The molecule has 0 spiro atoms. The van der Waals surface area contributed by atoms with E-state index < -0.39 is 0 Å². The Morgan fingerprint density at radius 1 is 1.08 bits per heavy atom. The van der Waals surface area contributed by atoms with E-state index in [1.54, 1.807) is 28.8 Å². The van der Waals surface area contributed by atoms with Crippen LogP contribution in [0.2, 0.25) is 5.02 Å². The number of amides is 1. The molecule has 8 nitrogen and oxygen atoms in total. The fraction of sp³-hybridized carbons (Fsp3) is 0.0800. The predicted octanol–water partition coefficient (Wildman–Crippen LogP) is 5.91. The molecule has 5 aromatic rings. The number of benzene rings is 2. The molecule has 5 rings (SSSR count). The molecule has 0 radical (unpaired) electrons. The number of thiocarbonyl (C=S) groups is 1. The zero-order valence-corrected chi connectivity index (χ0v) is 21.5. The molecule has 0 aliphatic rings. The summed E-state index contributed by atoms with van der Waals surface area (Å²) in [6, 6.07) is 16.8. The van der Waals surface area contributed by atoms with Gasteiger partial charge in [0.1, 0.15) is 16.5 Å². The van der Waals surface area contributed by atoms with Gasteiger partial charge in [-0.25, -0.2) is 0 Å². The van der Waals surface area contributed by atoms with Gasteiger partial charge >= 0.3 is 0 Å². The Kier molecular flexibility index (Phi) is 6.64. The van der Waals surface area contributed by atoms with Gasteiger partial charge in [0.05, 0.1) is 0 Å². The molecule has 0 saturated heterocycles. The van der Waals surface area contributed by atoms with Crippen LogP contribution in [0.1, 0.15) is 17.1 Å². The lowest BCUT2D eigenvalue weighted by Gasteiger charge is -2.12. The third-order valence-electron chi connectivity index (χ3n) is 5.27. The zero-order chi connectivity index (χ0) is 25.2. The fourth-order valence-corrected chi connectivity index (χ4v) is 4.62. The summed E-state index contributed by atoms with van der Waals surface area (Å²) < 4.78 is 7.49. The molecule has 0 aliphatic heterocycles. The molecule has 0 atom stereocenters. The molecule has 0 saturated carbocycles. The van der Waals surface area contributed by atoms with Crippen molar-refractivity contribution >= 4 is 62.9 Å². The van der Waals surface area contributed by atoms with E-state index in [1.165, 1.54) is 17.4 Å². The van der Waals surface area contributed by atoms with Crippen molar-refractivity contribution in [3.05, 3.63) is 82.8 Å². The number of furan rings is 1. The molecule has 11 heteroatoms. The summed E-state index contributed by atoms with van der Waals surface area (Å²) in [5.74, 6) is 1.57. The van der Waals surface area contributed by atoms with Gasteiger partial charge in [0.25, 0.3) is 0 Å². The number of nitrogens with zero attached hydrogens (tertiary/aromatic N) is 4. The van der Waals surface area contributed by atoms with Crippen molar-refractivity contribution in [2.24, 2.45) is 0 Å². The van der Waals surface area contributed by atoms with E-state index in [2.05, 4.69) is 25.9 Å². The van der Waals surface area contributed by atoms with Gasteiger partial charge in [-0.05, 0) is 80.2 Å². The Morgan fingerprint density at radius 3 is 2.64 bits per heavy atom. The number of hydrogen-bond donors (Lipinski definition) is 2. The number of carbonyl (C=O) groups is 1. The Labute approximate surface area is 220 Å². The van der Waals surface area contributed by atoms with Gasteiger partial charge < -0.3 is 9.73 Å². The summed E-state index contributed by atoms with van der Waals surface area (Å²) >= 11 is 12.7. The highest BCUT2D eigenvalue weighted by Gasteiger charge is 2.13. The van der Waals surface area contributed by atoms with Crippen LogP contribution in [0.15, 0.2) is 65.1 Å². The molecule has 180 valence electrons. The summed E-state index contributed by atoms with van der Waals surface area (Å²) in [7, 11) is 0. The number of anilines is 1. The predicted molar refractivity (Wildman–Crippen MR) is 146 cm³/mol. The summed E-state index contributed by atoms with van der Waals surface area (Å²) in [6.07, 6.45) is 2.95. The van der Waals surface area contributed by atoms with Gasteiger partial charge in [0.15, 0.2) is 10.9 Å². The van der Waals surface area contributed by atoms with Crippen molar-refractivity contribution in [2.45, 2.75) is 13.8 Å². The minimum atomic E-state index is -0.380. The van der Waals surface area contributed by atoms with Crippen LogP contribution < -0.4 is 10.6 Å². The molecule has 0 fully saturated rings. The molecule has 2 aromatic carbocycles. The van der Waals surface area contributed by atoms with E-state index in [1.807, 2.05) is 50.2 Å². The number of carbonyl (C=O) groups excluding carboxylic acids is 1. The molecule has 2 N–H and O–H groups in total. The Morgan fingerprint density at radius 2 is 1.86 bits per heavy atom. The first kappa shape index (κ1) is 23.9. The third kappa shape index (κ3) is 5.20. The van der Waals surface area contributed by atoms with Gasteiger partial charge in [-0.1, -0.05) is 35.1 Å². The van der Waals surface area contributed by atoms with Crippen LogP contribution in [0.4, 0.5) is 5.69 Å². The van der Waals surface area contributed by atoms with Crippen molar-refractivity contribution < 1.29 is 9.21 Å². The molecule has 0 aliphatic carbocycles. The standard InChI is InChI=1S/C25H19ClN6O2S2/c1-14-3-4-17(23-31-32-15(2)29-30-25(32)36-23)13-20(14)27-24(35)28-22(33)12-10-19-9-11-21(34-19)16-5-7-18(26)8-6-16/h3-13H,1-2H3,(H2,27,28,33,35). The van der Waals surface area contributed by atoms with Crippen LogP contribution in [0.25, 0.3) is 32.9 Å². The lowest BCUT2D eigenvalue weighted by Crippen LogP contribution is -2.33. The highest BCUT2D eigenvalue weighted by Crippen LogP contribution is 2.29. The van der Waals surface area contributed by atoms with Crippen LogP contribution in [0, 0.1) is 13.8 Å². The van der Waals surface area contributed by atoms with E-state index in [9.17, 15) is 4.79 Å². The van der Waals surface area contributed by atoms with Crippen LogP contribution >= 0.6 is 35.2 Å². The van der Waals surface area contributed by atoms with Crippen LogP contribution in [0.5, 0.6) is 0 Å². The van der Waals surface area contributed by atoms with Crippen LogP contribution in [0.3, 0.4) is 0 Å². The molecular formula is C25H19ClN6O2S2. The van der Waals surface area contributed by atoms with E-state index in [4.69, 9.17) is 28.2 Å². The molecule has 0 bridgehead atoms. The lowest BCUT2D eigenvalue weighted by molar-refractivity contribution is -0.115. The van der Waals surface area contributed by atoms with Crippen molar-refractivity contribution in [1.29, 1.82) is 0 Å². The maximum absolute atomic E-state index is 12.4. The fourth-order valence-electron chi connectivity index (χ4n) is 3.40. The summed E-state index contributed by atoms with van der Waals surface area (Å²) in [5.41, 5.74) is 3.53. The van der Waals surface area contributed by atoms with Crippen LogP contribution in [-0.2, 0) is 4.79 Å². The highest BCUT2D eigenvalue weighted by molar-refractivity contribution is 7.80. The maximum atomic E-state index is 12.4. The smallest absolute Gasteiger partial charge is 0.250 e. The number of hydrogen-bond acceptors (Lipinski definition) is 7. The van der Waals surface area contributed by atoms with E-state index in [0.29, 0.717) is 16.5 Å². The van der Waals surface area contributed by atoms with Crippen molar-refractivity contribution in [2.75, 3.05) is 5.32 Å². The first-order valence-electron chi connectivity index (χ1n) is 10.8. The number of nitrogens with one attached hydrogen (secondary N) is 2. The monoisotopic (exact) mass is 534 g/mol. The number of rotatable bonds is 5. The second kappa shape index (κ2) is 10.0. The Balaban J connectivity index is 1.22. The van der Waals surface area contributed by atoms with Crippen LogP contribution in [-0.4, -0.2) is 30.8 Å². The quantitative estimate of drug-likeness (QED) is 0.214. The van der Waals surface area contributed by atoms with Gasteiger partial charge in [-0.2, -0.15) is 9.61 Å². The Bertz CT molecular complexity index is 1620. The minimum Gasteiger partial charge on any atom is -0.457 e. The average molecular weight is 535 g/mol. The molecule has 36 heavy (non-hydrogen) atoms. The van der Waals surface area contributed by atoms with E-state index >= 15 is 0 Å². The first-order chi connectivity index (χ1) is 17.4. The number of fused-ring (bicyclic) bond motifs is 1. The largest absolute Gasteiger partial charge is 0.457 e. The summed E-state index contributed by atoms with van der Waals surface area (Å²) in [6.45, 7) is 3.81. The topological polar surface area (TPSA) is 97.4 Å². The Hall–Kier alpha value is -3.86. The van der Waals surface area contributed by atoms with Gasteiger partial charge in [0.2, 0.25) is 10.9 Å². The summed E-state index contributed by atoms with van der Waals surface area (Å²) in [4.78, 5) is 13.1. The number of halogens is 1. The van der Waals surface area contributed by atoms with Crippen molar-refractivity contribution in [1.82, 2.24) is 25.1 Å². The second-order valence-electron chi connectivity index (χ2n) is 7.86. The van der Waals surface area contributed by atoms with Crippen molar-refractivity contribution in [3.8, 4) is 21.9 Å². The number of aromatic nitrogens is 4. The highest BCUT2D eigenvalue weighted by atomic mass is 35.5. The average Bonchev–Trinajstić information content (AvgIpc) is 3.58. The van der Waals surface area contributed by atoms with Gasteiger partial charge in [-0.3, -0.25) is 10.1 Å². The third-order valence-corrected chi connectivity index (χ3v) is 6.67. The first-order valence-corrected chi connectivity index (χ1v) is 12.4.